The maximum atomic E-state index is 13.5. The summed E-state index contributed by atoms with van der Waals surface area (Å²) in [5.41, 5.74) is 2.70. The summed E-state index contributed by atoms with van der Waals surface area (Å²) in [6.45, 7) is 6.39. The lowest BCUT2D eigenvalue weighted by atomic mass is 9.85. The molecule has 1 N–H and O–H groups in total. The average molecular weight is 474 g/mol. The predicted octanol–water partition coefficient (Wildman–Crippen LogP) is 5.75. The molecule has 3 aromatic carbocycles. The number of methoxy groups -OCH3 is 1. The number of rotatable bonds is 5. The van der Waals surface area contributed by atoms with Crippen LogP contribution in [0, 0.1) is 5.82 Å². The molecule has 0 saturated carbocycles. The number of hydrogen-bond donors (Lipinski definition) is 1. The summed E-state index contributed by atoms with van der Waals surface area (Å²) in [4.78, 5) is 27.9. The van der Waals surface area contributed by atoms with E-state index in [1.54, 1.807) is 36.4 Å². The van der Waals surface area contributed by atoms with Crippen LogP contribution in [0.15, 0.2) is 78.4 Å². The molecule has 0 aromatic heterocycles. The third-order valence-electron chi connectivity index (χ3n) is 6.26. The number of carbonyl (C=O) groups is 2. The first-order valence-corrected chi connectivity index (χ1v) is 11.4. The molecule has 35 heavy (non-hydrogen) atoms. The second-order valence-corrected chi connectivity index (χ2v) is 9.63. The number of halogens is 1. The Morgan fingerprint density at radius 3 is 2.20 bits per heavy atom. The van der Waals surface area contributed by atoms with Crippen molar-refractivity contribution in [2.24, 2.45) is 0 Å². The highest BCUT2D eigenvalue weighted by Crippen LogP contribution is 2.42. The number of Topliss-reactive ketones (excluding diaryl/α,β-unsaturated/α-hetero) is 1. The van der Waals surface area contributed by atoms with Gasteiger partial charge in [0.1, 0.15) is 17.3 Å². The van der Waals surface area contributed by atoms with E-state index in [2.05, 4.69) is 20.8 Å². The molecule has 0 bridgehead atoms. The number of likely N-dealkylation sites (tertiary alicyclic amines) is 1. The minimum atomic E-state index is -0.820. The number of nitrogens with zero attached hydrogens (tertiary/aromatic N) is 1. The molecule has 1 aliphatic rings. The van der Waals surface area contributed by atoms with Gasteiger partial charge >= 0.3 is 0 Å². The SMILES string of the molecule is COc1ccccc1/C(O)=C1/C(=O)C(=O)N(Cc2ccc(F)cc2)C1c1ccc(C(C)(C)C)cc1. The maximum absolute atomic E-state index is 13.5. The molecule has 5 nitrogen and oxygen atoms in total. The normalized spacial score (nSPS) is 17.6. The summed E-state index contributed by atoms with van der Waals surface area (Å²) in [6, 6.07) is 19.5. The molecule has 1 atom stereocenters. The van der Waals surface area contributed by atoms with Gasteiger partial charge in [-0.1, -0.05) is 69.3 Å². The zero-order chi connectivity index (χ0) is 25.3. The number of carbonyl (C=O) groups excluding carboxylic acids is 2. The van der Waals surface area contributed by atoms with E-state index in [1.165, 1.54) is 24.1 Å². The van der Waals surface area contributed by atoms with Gasteiger partial charge in [-0.15, -0.1) is 0 Å². The Labute approximate surface area is 204 Å². The molecule has 6 heteroatoms. The first kappa shape index (κ1) is 24.2. The van der Waals surface area contributed by atoms with Crippen LogP contribution >= 0.6 is 0 Å². The van der Waals surface area contributed by atoms with Crippen molar-refractivity contribution >= 4 is 17.4 Å². The van der Waals surface area contributed by atoms with Crippen molar-refractivity contribution in [2.75, 3.05) is 7.11 Å². The lowest BCUT2D eigenvalue weighted by molar-refractivity contribution is -0.140. The minimum absolute atomic E-state index is 0.00915. The van der Waals surface area contributed by atoms with Gasteiger partial charge in [0.05, 0.1) is 24.3 Å². The number of amides is 1. The smallest absolute Gasteiger partial charge is 0.295 e. The first-order chi connectivity index (χ1) is 16.6. The fourth-order valence-electron chi connectivity index (χ4n) is 4.33. The highest BCUT2D eigenvalue weighted by Gasteiger charge is 2.46. The van der Waals surface area contributed by atoms with Crippen molar-refractivity contribution in [3.63, 3.8) is 0 Å². The Hall–Kier alpha value is -3.93. The number of aliphatic hydroxyl groups excluding tert-OH is 1. The molecule has 1 unspecified atom stereocenters. The summed E-state index contributed by atoms with van der Waals surface area (Å²) in [6.07, 6.45) is 0. The van der Waals surface area contributed by atoms with Gasteiger partial charge in [0.15, 0.2) is 0 Å². The summed E-state index contributed by atoms with van der Waals surface area (Å²) in [5.74, 6) is -1.80. The number of para-hydroxylation sites is 1. The van der Waals surface area contributed by atoms with Crippen LogP contribution in [0.1, 0.15) is 49.1 Å². The van der Waals surface area contributed by atoms with Gasteiger partial charge in [-0.05, 0) is 46.4 Å². The van der Waals surface area contributed by atoms with Crippen LogP contribution in [0.2, 0.25) is 0 Å². The van der Waals surface area contributed by atoms with E-state index in [-0.39, 0.29) is 29.1 Å². The van der Waals surface area contributed by atoms with E-state index in [9.17, 15) is 19.1 Å². The lowest BCUT2D eigenvalue weighted by Gasteiger charge is -2.26. The van der Waals surface area contributed by atoms with Crippen molar-refractivity contribution in [1.82, 2.24) is 4.90 Å². The van der Waals surface area contributed by atoms with Crippen LogP contribution in [0.5, 0.6) is 5.75 Å². The summed E-state index contributed by atoms with van der Waals surface area (Å²) in [7, 11) is 1.47. The summed E-state index contributed by atoms with van der Waals surface area (Å²) >= 11 is 0. The monoisotopic (exact) mass is 473 g/mol. The zero-order valence-corrected chi connectivity index (χ0v) is 20.2. The molecule has 0 spiro atoms. The summed E-state index contributed by atoms with van der Waals surface area (Å²) < 4.78 is 18.8. The second kappa shape index (κ2) is 9.37. The molecule has 3 aromatic rings. The van der Waals surface area contributed by atoms with Crippen molar-refractivity contribution in [2.45, 2.75) is 38.8 Å². The van der Waals surface area contributed by atoms with Gasteiger partial charge in [-0.3, -0.25) is 9.59 Å². The van der Waals surface area contributed by atoms with Crippen LogP contribution in [0.25, 0.3) is 5.76 Å². The van der Waals surface area contributed by atoms with Gasteiger partial charge in [-0.25, -0.2) is 4.39 Å². The fraction of sp³-hybridized carbons (Fsp3) is 0.241. The van der Waals surface area contributed by atoms with Gasteiger partial charge in [0, 0.05) is 6.54 Å². The van der Waals surface area contributed by atoms with E-state index in [0.29, 0.717) is 22.4 Å². The Balaban J connectivity index is 1.87. The molecular formula is C29H28FNO4. The number of hydrogen-bond acceptors (Lipinski definition) is 4. The molecule has 0 aliphatic carbocycles. The number of aliphatic hydroxyl groups is 1. The van der Waals surface area contributed by atoms with Crippen molar-refractivity contribution in [1.29, 1.82) is 0 Å². The molecule has 180 valence electrons. The van der Waals surface area contributed by atoms with Crippen LogP contribution in [0.3, 0.4) is 0 Å². The molecule has 1 fully saturated rings. The van der Waals surface area contributed by atoms with Crippen LogP contribution < -0.4 is 4.74 Å². The summed E-state index contributed by atoms with van der Waals surface area (Å²) in [5, 5.41) is 11.3. The van der Waals surface area contributed by atoms with Crippen LogP contribution in [-0.2, 0) is 21.5 Å². The maximum Gasteiger partial charge on any atom is 0.295 e. The lowest BCUT2D eigenvalue weighted by Crippen LogP contribution is -2.29. The largest absolute Gasteiger partial charge is 0.507 e. The van der Waals surface area contributed by atoms with E-state index in [0.717, 1.165) is 5.56 Å². The molecule has 0 radical (unpaired) electrons. The Bertz CT molecular complexity index is 1290. The van der Waals surface area contributed by atoms with Gasteiger partial charge in [0.25, 0.3) is 11.7 Å². The van der Waals surface area contributed by atoms with E-state index >= 15 is 0 Å². The van der Waals surface area contributed by atoms with Crippen molar-refractivity contribution in [3.05, 3.63) is 106 Å². The van der Waals surface area contributed by atoms with Gasteiger partial charge in [-0.2, -0.15) is 0 Å². The van der Waals surface area contributed by atoms with Crippen molar-refractivity contribution in [3.8, 4) is 5.75 Å². The fourth-order valence-corrected chi connectivity index (χ4v) is 4.33. The second-order valence-electron chi connectivity index (χ2n) is 9.63. The Morgan fingerprint density at radius 2 is 1.60 bits per heavy atom. The molecular weight excluding hydrogens is 445 g/mol. The van der Waals surface area contributed by atoms with Crippen LogP contribution in [-0.4, -0.2) is 28.8 Å². The number of ketones is 1. The third kappa shape index (κ3) is 4.69. The molecule has 1 aliphatic heterocycles. The van der Waals surface area contributed by atoms with Crippen molar-refractivity contribution < 1.29 is 23.8 Å². The van der Waals surface area contributed by atoms with Gasteiger partial charge in [0.2, 0.25) is 0 Å². The first-order valence-electron chi connectivity index (χ1n) is 11.4. The zero-order valence-electron chi connectivity index (χ0n) is 20.2. The quantitative estimate of drug-likeness (QED) is 0.291. The Morgan fingerprint density at radius 1 is 0.971 bits per heavy atom. The molecule has 1 heterocycles. The average Bonchev–Trinajstić information content (AvgIpc) is 3.09. The van der Waals surface area contributed by atoms with E-state index < -0.39 is 17.7 Å². The molecule has 1 amide bonds. The number of benzene rings is 3. The minimum Gasteiger partial charge on any atom is -0.507 e. The Kier molecular flexibility index (Phi) is 6.48. The molecule has 1 saturated heterocycles. The van der Waals surface area contributed by atoms with E-state index in [1.807, 2.05) is 24.3 Å². The standard InChI is InChI=1S/C29H28FNO4/c1-29(2,3)20-13-11-19(12-14-20)25-24(26(32)22-7-5-6-8-23(22)35-4)27(33)28(34)31(25)17-18-9-15-21(30)16-10-18/h5-16,25,32H,17H2,1-4H3/b26-24-. The number of ether oxygens (including phenoxy) is 1. The van der Waals surface area contributed by atoms with Crippen LogP contribution in [0.4, 0.5) is 4.39 Å². The third-order valence-corrected chi connectivity index (χ3v) is 6.26. The highest BCUT2D eigenvalue weighted by molar-refractivity contribution is 6.46. The van der Waals surface area contributed by atoms with E-state index in [4.69, 9.17) is 4.74 Å². The highest BCUT2D eigenvalue weighted by atomic mass is 19.1. The topological polar surface area (TPSA) is 66.8 Å². The van der Waals surface area contributed by atoms with Gasteiger partial charge < -0.3 is 14.7 Å². The predicted molar refractivity (Wildman–Crippen MR) is 132 cm³/mol. The molecule has 4 rings (SSSR count).